The van der Waals surface area contributed by atoms with Gasteiger partial charge in [0.2, 0.25) is 11.6 Å². The third-order valence-corrected chi connectivity index (χ3v) is 17.7. The van der Waals surface area contributed by atoms with E-state index in [2.05, 4.69) is 198 Å². The Balaban J connectivity index is 0.00000139. The van der Waals surface area contributed by atoms with Crippen LogP contribution in [0.1, 0.15) is 268 Å². The van der Waals surface area contributed by atoms with Gasteiger partial charge in [0, 0.05) is 12.5 Å². The van der Waals surface area contributed by atoms with Crippen molar-refractivity contribution in [3.05, 3.63) is 283 Å². The molecule has 0 saturated heterocycles. The largest absolute Gasteiger partial charge is 0.493 e. The maximum atomic E-state index is 13.5. The van der Waals surface area contributed by atoms with Crippen LogP contribution in [0, 0.1) is 61.7 Å². The summed E-state index contributed by atoms with van der Waals surface area (Å²) in [5.41, 5.74) is 5.08. The highest BCUT2D eigenvalue weighted by Crippen LogP contribution is 2.74. The molecule has 0 unspecified atom stereocenters. The fraction of sp³-hybridized carbons (Fsp3) is 0.481. The number of benzene rings is 7. The summed E-state index contributed by atoms with van der Waals surface area (Å²) < 4.78 is 154. The first-order valence-corrected chi connectivity index (χ1v) is 42.3. The molecule has 0 spiro atoms. The zero-order valence-corrected chi connectivity index (χ0v) is 80.5. The number of hydrogen-bond acceptors (Lipinski definition) is 7. The van der Waals surface area contributed by atoms with Gasteiger partial charge in [0.05, 0.1) is 63.0 Å². The summed E-state index contributed by atoms with van der Waals surface area (Å²) in [5, 5.41) is 0. The van der Waals surface area contributed by atoms with Crippen molar-refractivity contribution < 1.29 is 72.7 Å². The van der Waals surface area contributed by atoms with Crippen molar-refractivity contribution in [2.24, 2.45) is 38.4 Å². The summed E-state index contributed by atoms with van der Waals surface area (Å²) in [7, 11) is 1.71. The minimum atomic E-state index is -4.52. The molecule has 0 amide bonds. The smallest absolute Gasteiger partial charge is 0.353 e. The Morgan fingerprint density at radius 1 is 0.355 bits per heavy atom. The summed E-state index contributed by atoms with van der Waals surface area (Å²) >= 11 is 0. The predicted molar refractivity (Wildman–Crippen MR) is 509 cm³/mol. The van der Waals surface area contributed by atoms with Gasteiger partial charge in [-0.15, -0.1) is 6.58 Å². The Labute approximate surface area is 743 Å². The van der Waals surface area contributed by atoms with E-state index in [-0.39, 0.29) is 34.2 Å². The Morgan fingerprint density at radius 2 is 0.677 bits per heavy atom. The topological polar surface area (TPSA) is 64.6 Å². The average Bonchev–Trinajstić information content (AvgIpc) is 1.48. The second kappa shape index (κ2) is 52.4. The van der Waals surface area contributed by atoms with Crippen LogP contribution < -0.4 is 14.2 Å². The zero-order chi connectivity index (χ0) is 95.7. The SMILES string of the molecule is C=CCCC(C)(C)C.C=Cc1c(F)c(F)c(OCC(C)(C)C)c(F)c1F.C=Cc1ccc(COC(C)(C)C)cc1.C=Cc1ccc(COCC(C)(C)C)cc1.C=Cc1ccc(COCc2ccc(OC(C)(C)C)cc2)cc1.C=Cc1ccc(OCC(C)(C)C)cc1.C=Cc1ccccc1.CC(C)(C)C1(F)C(F)(F)C1(F)F.CC(C)(C)C1CC1.COC(C)(C)C. The molecule has 7 nitrogen and oxygen atoms in total. The monoisotopic (exact) mass is 1730 g/mol. The number of methoxy groups -OCH3 is 1. The van der Waals surface area contributed by atoms with Gasteiger partial charge in [0.1, 0.15) is 17.1 Å². The first-order chi connectivity index (χ1) is 56.8. The van der Waals surface area contributed by atoms with E-state index >= 15 is 0 Å². The third kappa shape index (κ3) is 48.2. The first-order valence-electron chi connectivity index (χ1n) is 42.3. The van der Waals surface area contributed by atoms with Crippen molar-refractivity contribution in [3.8, 4) is 17.2 Å². The van der Waals surface area contributed by atoms with Crippen molar-refractivity contribution in [3.63, 3.8) is 0 Å². The molecule has 7 aromatic carbocycles. The van der Waals surface area contributed by atoms with Gasteiger partial charge in [0.15, 0.2) is 17.4 Å². The Hall–Kier alpha value is -8.67. The van der Waals surface area contributed by atoms with Crippen LogP contribution in [0.25, 0.3) is 36.5 Å². The molecule has 0 heterocycles. The molecular weight excluding hydrogens is 1580 g/mol. The van der Waals surface area contributed by atoms with E-state index < -0.39 is 62.9 Å². The Bertz CT molecular complexity index is 4110. The van der Waals surface area contributed by atoms with Crippen LogP contribution in [-0.4, -0.2) is 61.2 Å². The van der Waals surface area contributed by atoms with E-state index in [1.807, 2.05) is 181 Å². The Morgan fingerprint density at radius 3 is 0.927 bits per heavy atom. The highest BCUT2D eigenvalue weighted by atomic mass is 19.3. The van der Waals surface area contributed by atoms with Crippen molar-refractivity contribution >= 4 is 36.5 Å². The fourth-order valence-corrected chi connectivity index (χ4v) is 9.94. The van der Waals surface area contributed by atoms with Crippen molar-refractivity contribution in [2.75, 3.05) is 26.9 Å². The van der Waals surface area contributed by atoms with Crippen LogP contribution in [0.3, 0.4) is 0 Å². The first kappa shape index (κ1) is 115. The maximum absolute atomic E-state index is 13.5. The zero-order valence-electron chi connectivity index (χ0n) is 80.5. The molecule has 0 radical (unpaired) electrons. The molecule has 2 aliphatic rings. The lowest BCUT2D eigenvalue weighted by Crippen LogP contribution is -2.32. The van der Waals surface area contributed by atoms with E-state index in [0.717, 1.165) is 85.6 Å². The van der Waals surface area contributed by atoms with Crippen LogP contribution in [-0.2, 0) is 45.4 Å². The molecule has 16 heteroatoms. The van der Waals surface area contributed by atoms with Crippen LogP contribution in [0.5, 0.6) is 17.2 Å². The van der Waals surface area contributed by atoms with Crippen LogP contribution in [0.4, 0.5) is 39.5 Å². The molecular formula is C108H153F9O7. The summed E-state index contributed by atoms with van der Waals surface area (Å²) in [6.07, 6.45) is 17.2. The normalized spacial score (nSPS) is 13.6. The second-order valence-corrected chi connectivity index (χ2v) is 40.3. The lowest BCUT2D eigenvalue weighted by Gasteiger charge is -2.22. The highest BCUT2D eigenvalue weighted by molar-refractivity contribution is 5.53. The molecule has 690 valence electrons. The molecule has 2 saturated carbocycles. The van der Waals surface area contributed by atoms with Gasteiger partial charge in [-0.25, -0.2) is 13.2 Å². The molecule has 0 aliphatic heterocycles. The predicted octanol–water partition coefficient (Wildman–Crippen LogP) is 33.1. The Kier molecular flexibility index (Phi) is 48.8. The van der Waals surface area contributed by atoms with Crippen molar-refractivity contribution in [1.82, 2.24) is 0 Å². The molecule has 124 heavy (non-hydrogen) atoms. The van der Waals surface area contributed by atoms with E-state index in [0.29, 0.717) is 43.3 Å². The summed E-state index contributed by atoms with van der Waals surface area (Å²) in [5.74, 6) is -13.3. The van der Waals surface area contributed by atoms with Crippen LogP contribution in [0.15, 0.2) is 204 Å². The lowest BCUT2D eigenvalue weighted by atomic mass is 9.87. The third-order valence-electron chi connectivity index (χ3n) is 17.7. The van der Waals surface area contributed by atoms with E-state index in [1.54, 1.807) is 27.9 Å². The number of allylic oxidation sites excluding steroid dienone is 1. The summed E-state index contributed by atoms with van der Waals surface area (Å²) in [4.78, 5) is 0. The minimum absolute atomic E-state index is 0.0417. The molecule has 0 bridgehead atoms. The van der Waals surface area contributed by atoms with Gasteiger partial charge in [-0.2, -0.15) is 26.3 Å². The van der Waals surface area contributed by atoms with E-state index in [4.69, 9.17) is 33.2 Å². The number of halogens is 9. The summed E-state index contributed by atoms with van der Waals surface area (Å²) in [6.45, 7) is 82.7. The maximum Gasteiger partial charge on any atom is 0.353 e. The van der Waals surface area contributed by atoms with Crippen LogP contribution >= 0.6 is 0 Å². The van der Waals surface area contributed by atoms with Gasteiger partial charge in [-0.1, -0.05) is 334 Å². The fourth-order valence-electron chi connectivity index (χ4n) is 9.94. The van der Waals surface area contributed by atoms with E-state index in [1.165, 1.54) is 41.5 Å². The van der Waals surface area contributed by atoms with Gasteiger partial charge >= 0.3 is 11.8 Å². The standard InChI is InChI=1S/C20H24O2.C14H20O.C13H14F4O.2C13H18O.C8H8.C8H16.C7H9F5.C7H14.C5H12O/c1-5-16-6-8-17(9-7-16)14-21-15-18-10-12-19(13-11-18)22-20(2,3)4;1-5-12-6-8-13(9-7-12)10-15-11-14(2,3)4;1-5-7-8(14)10(16)12(11(17)9(7)15)18-6-13(2,3)4;1-5-11-6-8-12(9-7-11)14-10-13(2,3)4;1-5-11-6-8-12(9-7-11)10-14-13(2,3)4;1-2-8-6-4-3-5-7-8;1-5-6-7-8(2,3)4;1-4(2,3)5(8)6(9,10)7(5,11)12;1-7(2,3)6-4-5-6;1-5(2,3)6-4/h5-13H,1,14-15H2,2-4H3;5-9H,1,10-11H2,2-4H3;5H,1,6H2,2-4H3;2*5-9H,1,10H2,2-4H3;2-7H,1H2;5H,1,6-7H2,2-4H3;1-3H3;6H,4-5H2,1-3H3;1-4H3. The minimum Gasteiger partial charge on any atom is -0.493 e. The number of alkyl halides is 5. The molecule has 7 aromatic rings. The lowest BCUT2D eigenvalue weighted by molar-refractivity contribution is -0.0278. The van der Waals surface area contributed by atoms with Crippen LogP contribution in [0.2, 0.25) is 0 Å². The van der Waals surface area contributed by atoms with Gasteiger partial charge in [-0.05, 0) is 195 Å². The summed E-state index contributed by atoms with van der Waals surface area (Å²) in [6, 6.07) is 50.8. The van der Waals surface area contributed by atoms with Gasteiger partial charge in [-0.3, -0.25) is 0 Å². The number of hydrogen-bond donors (Lipinski definition) is 0. The number of rotatable bonds is 22. The molecule has 2 fully saturated rings. The van der Waals surface area contributed by atoms with Gasteiger partial charge in [0.25, 0.3) is 5.67 Å². The molecule has 0 aromatic heterocycles. The molecule has 0 N–H and O–H groups in total. The molecule has 0 atom stereocenters. The number of ether oxygens (including phenoxy) is 7. The van der Waals surface area contributed by atoms with Crippen molar-refractivity contribution in [1.29, 1.82) is 0 Å². The molecule has 2 aliphatic carbocycles. The van der Waals surface area contributed by atoms with Gasteiger partial charge < -0.3 is 33.2 Å². The second-order valence-electron chi connectivity index (χ2n) is 40.3. The highest BCUT2D eigenvalue weighted by Gasteiger charge is 3.01. The van der Waals surface area contributed by atoms with Crippen molar-refractivity contribution in [2.45, 2.75) is 273 Å². The van der Waals surface area contributed by atoms with E-state index in [9.17, 15) is 39.5 Å². The average molecular weight is 1730 g/mol. The quantitative estimate of drug-likeness (QED) is 0.0381. The molecule has 9 rings (SSSR count).